The zero-order chi connectivity index (χ0) is 20.3. The first kappa shape index (κ1) is 19.9. The molecule has 28 heavy (non-hydrogen) atoms. The van der Waals surface area contributed by atoms with Crippen LogP contribution in [0, 0.1) is 19.8 Å². The quantitative estimate of drug-likeness (QED) is 0.821. The molecule has 1 saturated heterocycles. The fourth-order valence-electron chi connectivity index (χ4n) is 3.63. The maximum absolute atomic E-state index is 12.7. The number of benzene rings is 2. The highest BCUT2D eigenvalue weighted by atomic mass is 16.2. The molecule has 0 bridgehead atoms. The number of carbonyl (C=O) groups excluding carboxylic acids is 2. The third-order valence-corrected chi connectivity index (χ3v) is 5.56. The van der Waals surface area contributed by atoms with Gasteiger partial charge in [0.2, 0.25) is 11.8 Å². The fraction of sp³-hybridized carbons (Fsp3) is 0.391. The zero-order valence-electron chi connectivity index (χ0n) is 17.2. The Balaban J connectivity index is 1.67. The Morgan fingerprint density at radius 3 is 2.36 bits per heavy atom. The summed E-state index contributed by atoms with van der Waals surface area (Å²) in [5, 5.41) is 2.96. The fourth-order valence-corrected chi connectivity index (χ4v) is 3.63. The van der Waals surface area contributed by atoms with E-state index in [1.807, 2.05) is 56.3 Å². The van der Waals surface area contributed by atoms with Gasteiger partial charge in [-0.2, -0.15) is 0 Å². The maximum Gasteiger partial charge on any atom is 0.229 e. The van der Waals surface area contributed by atoms with Crippen molar-refractivity contribution in [2.45, 2.75) is 34.1 Å². The van der Waals surface area contributed by atoms with Crippen LogP contribution >= 0.6 is 0 Å². The van der Waals surface area contributed by atoms with Crippen LogP contribution in [0.1, 0.15) is 31.4 Å². The molecule has 3 rings (SSSR count). The molecule has 5 heteroatoms. The maximum atomic E-state index is 12.7. The van der Waals surface area contributed by atoms with Gasteiger partial charge in [0.05, 0.1) is 5.92 Å². The largest absolute Gasteiger partial charge is 0.372 e. The van der Waals surface area contributed by atoms with Crippen molar-refractivity contribution in [2.75, 3.05) is 34.8 Å². The number of rotatable bonds is 6. The van der Waals surface area contributed by atoms with Crippen molar-refractivity contribution in [3.05, 3.63) is 53.6 Å². The summed E-state index contributed by atoms with van der Waals surface area (Å²) in [5.74, 6) is -0.439. The summed E-state index contributed by atoms with van der Waals surface area (Å²) in [5.41, 5.74) is 5.10. The van der Waals surface area contributed by atoms with E-state index in [1.54, 1.807) is 4.90 Å². The third kappa shape index (κ3) is 4.19. The molecule has 148 valence electrons. The standard InChI is InChI=1S/C23H29N3O2/c1-5-25(6-2)20-9-11-21(12-10-20)26-15-18(14-22(26)27)23(28)24-19-8-7-16(3)17(4)13-19/h7-13,18H,5-6,14-15H2,1-4H3,(H,24,28). The van der Waals surface area contributed by atoms with Crippen LogP contribution < -0.4 is 15.1 Å². The lowest BCUT2D eigenvalue weighted by atomic mass is 10.1. The first-order valence-corrected chi connectivity index (χ1v) is 9.96. The predicted molar refractivity (Wildman–Crippen MR) is 115 cm³/mol. The molecule has 1 aliphatic heterocycles. The van der Waals surface area contributed by atoms with Gasteiger partial charge in [0, 0.05) is 43.1 Å². The Kier molecular flexibility index (Phi) is 6.02. The second-order valence-electron chi connectivity index (χ2n) is 7.38. The first-order valence-electron chi connectivity index (χ1n) is 9.96. The van der Waals surface area contributed by atoms with E-state index in [2.05, 4.69) is 24.1 Å². The van der Waals surface area contributed by atoms with E-state index < -0.39 is 0 Å². The van der Waals surface area contributed by atoms with Crippen molar-refractivity contribution >= 4 is 28.9 Å². The summed E-state index contributed by atoms with van der Waals surface area (Å²) in [6.07, 6.45) is 0.245. The number of aryl methyl sites for hydroxylation is 2. The number of nitrogens with one attached hydrogen (secondary N) is 1. The normalized spacial score (nSPS) is 16.4. The molecule has 0 aliphatic carbocycles. The summed E-state index contributed by atoms with van der Waals surface area (Å²) in [6.45, 7) is 10.6. The number of amides is 2. The molecular formula is C23H29N3O2. The van der Waals surface area contributed by atoms with Crippen LogP contribution in [0.4, 0.5) is 17.1 Å². The summed E-state index contributed by atoms with van der Waals surface area (Å²) in [4.78, 5) is 29.1. The molecule has 0 spiro atoms. The van der Waals surface area contributed by atoms with Crippen molar-refractivity contribution in [3.8, 4) is 0 Å². The minimum atomic E-state index is -0.337. The van der Waals surface area contributed by atoms with E-state index in [9.17, 15) is 9.59 Å². The highest BCUT2D eigenvalue weighted by Gasteiger charge is 2.35. The Morgan fingerprint density at radius 1 is 1.07 bits per heavy atom. The number of nitrogens with zero attached hydrogens (tertiary/aromatic N) is 2. The molecule has 2 aromatic carbocycles. The van der Waals surface area contributed by atoms with Gasteiger partial charge in [0.1, 0.15) is 0 Å². The second-order valence-corrected chi connectivity index (χ2v) is 7.38. The number of anilines is 3. The number of hydrogen-bond acceptors (Lipinski definition) is 3. The second kappa shape index (κ2) is 8.46. The Hall–Kier alpha value is -2.82. The van der Waals surface area contributed by atoms with Gasteiger partial charge >= 0.3 is 0 Å². The Labute approximate surface area is 167 Å². The molecular weight excluding hydrogens is 350 g/mol. The Bertz CT molecular complexity index is 857. The van der Waals surface area contributed by atoms with Gasteiger partial charge in [-0.15, -0.1) is 0 Å². The number of carbonyl (C=O) groups is 2. The highest BCUT2D eigenvalue weighted by Crippen LogP contribution is 2.28. The van der Waals surface area contributed by atoms with Crippen LogP contribution in [0.5, 0.6) is 0 Å². The van der Waals surface area contributed by atoms with Crippen molar-refractivity contribution in [1.29, 1.82) is 0 Å². The minimum Gasteiger partial charge on any atom is -0.372 e. The van der Waals surface area contributed by atoms with Crippen LogP contribution in [-0.2, 0) is 9.59 Å². The van der Waals surface area contributed by atoms with Crippen LogP contribution in [0.2, 0.25) is 0 Å². The van der Waals surface area contributed by atoms with Crippen LogP contribution in [0.3, 0.4) is 0 Å². The highest BCUT2D eigenvalue weighted by molar-refractivity contribution is 6.03. The molecule has 5 nitrogen and oxygen atoms in total. The molecule has 0 saturated carbocycles. The van der Waals surface area contributed by atoms with Gasteiger partial charge in [-0.25, -0.2) is 0 Å². The molecule has 1 fully saturated rings. The first-order chi connectivity index (χ1) is 13.4. The van der Waals surface area contributed by atoms with Gasteiger partial charge in [-0.3, -0.25) is 9.59 Å². The lowest BCUT2D eigenvalue weighted by Gasteiger charge is -2.22. The third-order valence-electron chi connectivity index (χ3n) is 5.56. The smallest absolute Gasteiger partial charge is 0.229 e. The summed E-state index contributed by atoms with van der Waals surface area (Å²) < 4.78 is 0. The predicted octanol–water partition coefficient (Wildman–Crippen LogP) is 4.14. The van der Waals surface area contributed by atoms with Crippen molar-refractivity contribution < 1.29 is 9.59 Å². The molecule has 0 radical (unpaired) electrons. The van der Waals surface area contributed by atoms with Gasteiger partial charge < -0.3 is 15.1 Å². The monoisotopic (exact) mass is 379 g/mol. The van der Waals surface area contributed by atoms with Crippen LogP contribution in [-0.4, -0.2) is 31.4 Å². The molecule has 1 heterocycles. The topological polar surface area (TPSA) is 52.6 Å². The van der Waals surface area contributed by atoms with Gasteiger partial charge in [0.25, 0.3) is 0 Å². The SMILES string of the molecule is CCN(CC)c1ccc(N2CC(C(=O)Nc3ccc(C)c(C)c3)CC2=O)cc1. The molecule has 2 aromatic rings. The summed E-state index contributed by atoms with van der Waals surface area (Å²) >= 11 is 0. The average molecular weight is 380 g/mol. The summed E-state index contributed by atoms with van der Waals surface area (Å²) in [7, 11) is 0. The van der Waals surface area contributed by atoms with E-state index in [1.165, 1.54) is 5.56 Å². The number of hydrogen-bond donors (Lipinski definition) is 1. The van der Waals surface area contributed by atoms with Gasteiger partial charge in [-0.05, 0) is 75.2 Å². The van der Waals surface area contributed by atoms with Crippen molar-refractivity contribution in [1.82, 2.24) is 0 Å². The lowest BCUT2D eigenvalue weighted by molar-refractivity contribution is -0.122. The average Bonchev–Trinajstić information content (AvgIpc) is 3.08. The minimum absolute atomic E-state index is 0.00386. The molecule has 1 atom stereocenters. The van der Waals surface area contributed by atoms with E-state index >= 15 is 0 Å². The van der Waals surface area contributed by atoms with Crippen LogP contribution in [0.15, 0.2) is 42.5 Å². The molecule has 1 aliphatic rings. The van der Waals surface area contributed by atoms with Crippen molar-refractivity contribution in [2.24, 2.45) is 5.92 Å². The van der Waals surface area contributed by atoms with E-state index in [0.29, 0.717) is 6.54 Å². The zero-order valence-corrected chi connectivity index (χ0v) is 17.2. The van der Waals surface area contributed by atoms with E-state index in [-0.39, 0.29) is 24.2 Å². The molecule has 2 amide bonds. The van der Waals surface area contributed by atoms with Gasteiger partial charge in [-0.1, -0.05) is 6.07 Å². The molecule has 1 unspecified atom stereocenters. The lowest BCUT2D eigenvalue weighted by Crippen LogP contribution is -2.28. The van der Waals surface area contributed by atoms with Crippen LogP contribution in [0.25, 0.3) is 0 Å². The van der Waals surface area contributed by atoms with Crippen molar-refractivity contribution in [3.63, 3.8) is 0 Å². The van der Waals surface area contributed by atoms with E-state index in [0.717, 1.165) is 35.7 Å². The molecule has 1 N–H and O–H groups in total. The molecule has 0 aromatic heterocycles. The van der Waals surface area contributed by atoms with E-state index in [4.69, 9.17) is 0 Å². The van der Waals surface area contributed by atoms with Gasteiger partial charge in [0.15, 0.2) is 0 Å². The summed E-state index contributed by atoms with van der Waals surface area (Å²) in [6, 6.07) is 13.9. The Morgan fingerprint density at radius 2 is 1.75 bits per heavy atom.